The van der Waals surface area contributed by atoms with Gasteiger partial charge in [-0.2, -0.15) is 0 Å². The van der Waals surface area contributed by atoms with Crippen molar-refractivity contribution in [2.24, 2.45) is 0 Å². The Morgan fingerprint density at radius 3 is 2.09 bits per heavy atom. The lowest BCUT2D eigenvalue weighted by molar-refractivity contribution is -0.139. The molecular weight excluding hydrogens is 349 g/mol. The smallest absolute Gasteiger partial charge is 0.330 e. The fourth-order valence-corrected chi connectivity index (χ4v) is 4.45. The summed E-state index contributed by atoms with van der Waals surface area (Å²) in [5.74, 6) is -0.0559. The second-order valence-corrected chi connectivity index (χ2v) is 8.49. The highest BCUT2D eigenvalue weighted by Crippen LogP contribution is 2.50. The quantitative estimate of drug-likeness (QED) is 0.470. The third-order valence-corrected chi connectivity index (χ3v) is 6.09. The molecule has 0 bridgehead atoms. The van der Waals surface area contributed by atoms with Crippen LogP contribution < -0.4 is 0 Å². The first-order valence-electron chi connectivity index (χ1n) is 7.04. The number of amides is 3. The average molecular weight is 370 g/mol. The lowest BCUT2D eigenvalue weighted by Crippen LogP contribution is -2.66. The minimum Gasteiger partial charge on any atom is -0.330 e. The second kappa shape index (κ2) is 5.70. The number of nitrogens with zero attached hydrogens (tertiary/aromatic N) is 3. The summed E-state index contributed by atoms with van der Waals surface area (Å²) in [4.78, 5) is 26.4. The summed E-state index contributed by atoms with van der Waals surface area (Å²) in [6.45, 7) is 7.85. The van der Waals surface area contributed by atoms with Crippen LogP contribution in [0.1, 0.15) is 40.5 Å². The first-order chi connectivity index (χ1) is 9.99. The minimum absolute atomic E-state index is 0.134. The molecule has 2 heterocycles. The molecule has 0 aromatic heterocycles. The van der Waals surface area contributed by atoms with Crippen molar-refractivity contribution >= 4 is 47.5 Å². The first kappa shape index (κ1) is 18.1. The van der Waals surface area contributed by atoms with Gasteiger partial charge in [0.25, 0.3) is 5.91 Å². The molecule has 2 aliphatic heterocycles. The third-order valence-electron chi connectivity index (χ3n) is 4.34. The van der Waals surface area contributed by atoms with Gasteiger partial charge >= 0.3 is 6.03 Å². The Hall–Kier alpha value is -0.210. The number of rotatable bonds is 3. The van der Waals surface area contributed by atoms with E-state index in [0.29, 0.717) is 24.9 Å². The standard InChI is InChI=1S/C13H21Cl2N3O3S/c1-11(2)7-13(8-12(3,4)18(11)15)9(19)16(5-6-22-21)10(20)17(13)14/h21H,5-8H2,1-4H3. The molecule has 2 aliphatic rings. The second-order valence-electron chi connectivity index (χ2n) is 7.14. The number of imide groups is 1. The Morgan fingerprint density at radius 2 is 1.64 bits per heavy atom. The zero-order valence-corrected chi connectivity index (χ0v) is 15.4. The number of urea groups is 1. The summed E-state index contributed by atoms with van der Waals surface area (Å²) >= 11 is 13.3. The van der Waals surface area contributed by atoms with Crippen LogP contribution in [0.2, 0.25) is 0 Å². The molecule has 2 rings (SSSR count). The molecule has 0 aromatic rings. The van der Waals surface area contributed by atoms with E-state index in [9.17, 15) is 9.59 Å². The summed E-state index contributed by atoms with van der Waals surface area (Å²) in [5, 5.41) is 0. The first-order valence-corrected chi connectivity index (χ1v) is 8.66. The van der Waals surface area contributed by atoms with Crippen LogP contribution in [0.15, 0.2) is 0 Å². The molecule has 0 aliphatic carbocycles. The van der Waals surface area contributed by atoms with Crippen LogP contribution in [0.4, 0.5) is 4.79 Å². The Balaban J connectivity index is 2.41. The van der Waals surface area contributed by atoms with Crippen molar-refractivity contribution in [3.8, 4) is 0 Å². The van der Waals surface area contributed by atoms with Gasteiger partial charge in [-0.15, -0.1) is 0 Å². The number of piperidine rings is 1. The molecule has 0 atom stereocenters. The van der Waals surface area contributed by atoms with Gasteiger partial charge in [-0.3, -0.25) is 9.69 Å². The maximum Gasteiger partial charge on any atom is 0.342 e. The van der Waals surface area contributed by atoms with Gasteiger partial charge in [0.15, 0.2) is 0 Å². The number of hydrogen-bond donors (Lipinski definition) is 1. The van der Waals surface area contributed by atoms with Gasteiger partial charge in [0.1, 0.15) is 5.54 Å². The van der Waals surface area contributed by atoms with Crippen molar-refractivity contribution in [3.63, 3.8) is 0 Å². The lowest BCUT2D eigenvalue weighted by Gasteiger charge is -2.55. The SMILES string of the molecule is CC1(C)CC2(CC(C)(C)N1Cl)C(=O)N(CCSO)C(=O)N2Cl. The van der Waals surface area contributed by atoms with E-state index in [1.165, 1.54) is 0 Å². The Bertz CT molecular complexity index is 483. The highest BCUT2D eigenvalue weighted by atomic mass is 35.5. The highest BCUT2D eigenvalue weighted by Gasteiger charge is 2.65. The fourth-order valence-electron chi connectivity index (χ4n) is 3.78. The molecule has 0 radical (unpaired) electrons. The molecule has 2 fully saturated rings. The lowest BCUT2D eigenvalue weighted by atomic mass is 9.70. The summed E-state index contributed by atoms with van der Waals surface area (Å²) in [6, 6.07) is -0.532. The number of halogens is 2. The third kappa shape index (κ3) is 2.60. The van der Waals surface area contributed by atoms with Crippen molar-refractivity contribution in [1.29, 1.82) is 0 Å². The molecule has 1 N–H and O–H groups in total. The van der Waals surface area contributed by atoms with E-state index in [0.717, 1.165) is 9.32 Å². The topological polar surface area (TPSA) is 64.1 Å². The molecular formula is C13H21Cl2N3O3S. The summed E-state index contributed by atoms with van der Waals surface area (Å²) < 4.78 is 11.6. The molecule has 0 unspecified atom stereocenters. The summed E-state index contributed by atoms with van der Waals surface area (Å²) in [7, 11) is 0. The van der Waals surface area contributed by atoms with Crippen molar-refractivity contribution in [1.82, 2.24) is 13.7 Å². The van der Waals surface area contributed by atoms with Gasteiger partial charge in [-0.1, -0.05) is 0 Å². The van der Waals surface area contributed by atoms with Crippen LogP contribution in [-0.2, 0) is 4.79 Å². The molecule has 9 heteroatoms. The normalized spacial score (nSPS) is 27.0. The fraction of sp³-hybridized carbons (Fsp3) is 0.846. The van der Waals surface area contributed by atoms with Crippen LogP contribution in [-0.4, -0.2) is 59.1 Å². The Morgan fingerprint density at radius 1 is 1.14 bits per heavy atom. The van der Waals surface area contributed by atoms with Gasteiger partial charge in [0.05, 0.1) is 0 Å². The molecule has 6 nitrogen and oxygen atoms in total. The van der Waals surface area contributed by atoms with Crippen molar-refractivity contribution in [3.05, 3.63) is 0 Å². The Labute approximate surface area is 145 Å². The van der Waals surface area contributed by atoms with E-state index in [4.69, 9.17) is 28.1 Å². The number of hydrogen-bond acceptors (Lipinski definition) is 5. The van der Waals surface area contributed by atoms with E-state index >= 15 is 0 Å². The number of carbonyl (C=O) groups excluding carboxylic acids is 2. The van der Waals surface area contributed by atoms with Gasteiger partial charge < -0.3 is 4.55 Å². The molecule has 2 saturated heterocycles. The zero-order chi connectivity index (χ0) is 16.9. The maximum absolute atomic E-state index is 12.9. The van der Waals surface area contributed by atoms with E-state index in [2.05, 4.69) is 0 Å². The van der Waals surface area contributed by atoms with Crippen LogP contribution in [0, 0.1) is 0 Å². The van der Waals surface area contributed by atoms with Crippen molar-refractivity contribution in [2.75, 3.05) is 12.3 Å². The predicted octanol–water partition coefficient (Wildman–Crippen LogP) is 3.16. The molecule has 0 aromatic carbocycles. The monoisotopic (exact) mass is 369 g/mol. The molecule has 1 spiro atoms. The van der Waals surface area contributed by atoms with Crippen molar-refractivity contribution < 1.29 is 14.1 Å². The van der Waals surface area contributed by atoms with Gasteiger partial charge in [-0.05, 0) is 51.5 Å². The largest absolute Gasteiger partial charge is 0.342 e. The van der Waals surface area contributed by atoms with Crippen molar-refractivity contribution in [2.45, 2.75) is 57.2 Å². The van der Waals surface area contributed by atoms with E-state index in [1.54, 1.807) is 4.42 Å². The van der Waals surface area contributed by atoms with E-state index in [-0.39, 0.29) is 18.2 Å². The van der Waals surface area contributed by atoms with E-state index in [1.807, 2.05) is 27.7 Å². The maximum atomic E-state index is 12.9. The van der Waals surface area contributed by atoms with Gasteiger partial charge in [0, 0.05) is 48.0 Å². The van der Waals surface area contributed by atoms with Gasteiger partial charge in [0.2, 0.25) is 0 Å². The minimum atomic E-state index is -1.10. The number of carbonyl (C=O) groups is 2. The molecule has 126 valence electrons. The average Bonchev–Trinajstić information content (AvgIpc) is 2.56. The van der Waals surface area contributed by atoms with Gasteiger partial charge in [-0.25, -0.2) is 13.6 Å². The van der Waals surface area contributed by atoms with Crippen LogP contribution >= 0.6 is 35.6 Å². The van der Waals surface area contributed by atoms with Crippen LogP contribution in [0.25, 0.3) is 0 Å². The molecule has 22 heavy (non-hydrogen) atoms. The van der Waals surface area contributed by atoms with E-state index < -0.39 is 22.6 Å². The van der Waals surface area contributed by atoms with Crippen LogP contribution in [0.3, 0.4) is 0 Å². The molecule has 0 saturated carbocycles. The molecule has 3 amide bonds. The zero-order valence-electron chi connectivity index (χ0n) is 13.1. The summed E-state index contributed by atoms with van der Waals surface area (Å²) in [5.41, 5.74) is -2.11. The predicted molar refractivity (Wildman–Crippen MR) is 87.7 cm³/mol. The highest BCUT2D eigenvalue weighted by molar-refractivity contribution is 7.93. The Kier molecular flexibility index (Phi) is 4.70. The van der Waals surface area contributed by atoms with Crippen LogP contribution in [0.5, 0.6) is 0 Å². The summed E-state index contributed by atoms with van der Waals surface area (Å²) in [6.07, 6.45) is 0.702.